The van der Waals surface area contributed by atoms with Crippen molar-refractivity contribution in [3.8, 4) is 6.07 Å². The number of nitriles is 1. The van der Waals surface area contributed by atoms with Crippen molar-refractivity contribution in [2.75, 3.05) is 11.9 Å². The van der Waals surface area contributed by atoms with Gasteiger partial charge < -0.3 is 20.9 Å². The molecule has 5 rings (SSSR count). The smallest absolute Gasteiger partial charge is 0.255 e. The summed E-state index contributed by atoms with van der Waals surface area (Å²) in [5.74, 6) is -6.18. The maximum absolute atomic E-state index is 15.1. The van der Waals surface area contributed by atoms with Crippen LogP contribution in [0.3, 0.4) is 0 Å². The minimum Gasteiger partial charge on any atom is -0.374 e. The average Bonchev–Trinajstić information content (AvgIpc) is 2.87. The molecule has 8 nitrogen and oxygen atoms in total. The molecule has 0 aromatic heterocycles. The van der Waals surface area contributed by atoms with Crippen molar-refractivity contribution in [3.05, 3.63) is 29.3 Å². The fraction of sp³-hybridized carbons (Fsp3) is 0.643. The van der Waals surface area contributed by atoms with Crippen LogP contribution >= 0.6 is 11.6 Å². The molecule has 11 heteroatoms. The number of hydrogen-bond acceptors (Lipinski definition) is 5. The van der Waals surface area contributed by atoms with Crippen LogP contribution in [-0.4, -0.2) is 59.3 Å². The zero-order valence-electron chi connectivity index (χ0n) is 22.3. The summed E-state index contributed by atoms with van der Waals surface area (Å²) in [5.41, 5.74) is 0.616. The van der Waals surface area contributed by atoms with Crippen LogP contribution in [0.4, 0.5) is 14.5 Å². The Morgan fingerprint density at radius 2 is 2.05 bits per heavy atom. The van der Waals surface area contributed by atoms with Crippen LogP contribution in [0.25, 0.3) is 0 Å². The lowest BCUT2D eigenvalue weighted by molar-refractivity contribution is -0.194. The summed E-state index contributed by atoms with van der Waals surface area (Å²) in [6.45, 7) is 4.48. The maximum Gasteiger partial charge on any atom is 0.255 e. The molecule has 3 N–H and O–H groups in total. The van der Waals surface area contributed by atoms with E-state index >= 15 is 8.78 Å². The molecule has 0 unspecified atom stereocenters. The number of alkyl halides is 2. The first-order valence-corrected chi connectivity index (χ1v) is 14.1. The topological polar surface area (TPSA) is 114 Å². The Labute approximate surface area is 232 Å². The van der Waals surface area contributed by atoms with E-state index in [4.69, 9.17) is 11.6 Å². The van der Waals surface area contributed by atoms with Crippen molar-refractivity contribution in [2.45, 2.75) is 88.9 Å². The Bertz CT molecular complexity index is 1130. The molecule has 212 valence electrons. The van der Waals surface area contributed by atoms with Crippen LogP contribution in [0.15, 0.2) is 24.3 Å². The van der Waals surface area contributed by atoms with Gasteiger partial charge in [-0.25, -0.2) is 8.78 Å². The molecule has 0 radical (unpaired) electrons. The van der Waals surface area contributed by atoms with E-state index in [0.29, 0.717) is 36.5 Å². The lowest BCUT2D eigenvalue weighted by Gasteiger charge is -2.54. The van der Waals surface area contributed by atoms with Gasteiger partial charge in [-0.05, 0) is 62.6 Å². The molecule has 3 saturated heterocycles. The molecule has 6 atom stereocenters. The van der Waals surface area contributed by atoms with Crippen LogP contribution < -0.4 is 16.0 Å². The van der Waals surface area contributed by atoms with E-state index in [1.54, 1.807) is 24.3 Å². The maximum atomic E-state index is 15.1. The van der Waals surface area contributed by atoms with Gasteiger partial charge in [0.1, 0.15) is 18.1 Å². The number of fused-ring (bicyclic) bond motifs is 3. The standard InChI is InChI=1S/C28H36ClF2N5O3/c1-16(2)11-23(34-19-7-3-6-18(29)13-19)27(39)36-21-8-9-22(28(30,31)14-21)24(36)26(38)35-20(15-32)12-17-5-4-10-33-25(17)37/h3,6-7,13,16-17,20-24,34H,4-5,8-12,14H2,1-2H3,(H,33,37)(H,35,38)/t17-,20-,21-,22-,23+,24-/m0/s1. The summed E-state index contributed by atoms with van der Waals surface area (Å²) >= 11 is 6.13. The molecule has 2 bridgehead atoms. The van der Waals surface area contributed by atoms with E-state index in [1.807, 2.05) is 19.9 Å². The lowest BCUT2D eigenvalue weighted by atomic mass is 9.71. The first kappa shape index (κ1) is 29.1. The zero-order valence-corrected chi connectivity index (χ0v) is 23.0. The minimum absolute atomic E-state index is 0.0888. The van der Waals surface area contributed by atoms with Crippen LogP contribution in [0, 0.1) is 29.1 Å². The normalized spacial score (nSPS) is 27.3. The summed E-state index contributed by atoms with van der Waals surface area (Å²) in [4.78, 5) is 41.2. The van der Waals surface area contributed by atoms with Gasteiger partial charge in [0.15, 0.2) is 0 Å². The predicted octanol–water partition coefficient (Wildman–Crippen LogP) is 4.11. The third kappa shape index (κ3) is 6.63. The highest BCUT2D eigenvalue weighted by Gasteiger charge is 2.61. The average molecular weight is 564 g/mol. The third-order valence-electron chi connectivity index (χ3n) is 8.02. The second kappa shape index (κ2) is 12.1. The van der Waals surface area contributed by atoms with Gasteiger partial charge in [0.2, 0.25) is 17.7 Å². The van der Waals surface area contributed by atoms with Gasteiger partial charge in [0.25, 0.3) is 5.92 Å². The number of nitrogens with zero attached hydrogens (tertiary/aromatic N) is 2. The summed E-state index contributed by atoms with van der Waals surface area (Å²) in [5, 5.41) is 18.8. The summed E-state index contributed by atoms with van der Waals surface area (Å²) < 4.78 is 30.3. The highest BCUT2D eigenvalue weighted by Crippen LogP contribution is 2.49. The molecule has 4 fully saturated rings. The largest absolute Gasteiger partial charge is 0.374 e. The van der Waals surface area contributed by atoms with E-state index in [9.17, 15) is 19.6 Å². The molecule has 3 amide bonds. The number of halogens is 3. The number of piperidine rings is 3. The lowest BCUT2D eigenvalue weighted by Crippen LogP contribution is -2.70. The van der Waals surface area contributed by atoms with Crippen molar-refractivity contribution in [2.24, 2.45) is 17.8 Å². The second-order valence-corrected chi connectivity index (χ2v) is 11.8. The number of nitrogens with one attached hydrogen (secondary N) is 3. The molecule has 0 spiro atoms. The quantitative estimate of drug-likeness (QED) is 0.418. The van der Waals surface area contributed by atoms with Crippen molar-refractivity contribution in [1.82, 2.24) is 15.5 Å². The highest BCUT2D eigenvalue weighted by molar-refractivity contribution is 6.30. The Hall–Kier alpha value is -2.93. The molecule has 1 saturated carbocycles. The fourth-order valence-corrected chi connectivity index (χ4v) is 6.41. The van der Waals surface area contributed by atoms with E-state index in [1.165, 1.54) is 4.90 Å². The van der Waals surface area contributed by atoms with Gasteiger partial charge in [-0.2, -0.15) is 5.26 Å². The first-order chi connectivity index (χ1) is 18.5. The summed E-state index contributed by atoms with van der Waals surface area (Å²) in [7, 11) is 0. The predicted molar refractivity (Wildman–Crippen MR) is 143 cm³/mol. The summed E-state index contributed by atoms with van der Waals surface area (Å²) in [6, 6.07) is 4.91. The van der Waals surface area contributed by atoms with Crippen molar-refractivity contribution >= 4 is 35.0 Å². The molecular weight excluding hydrogens is 528 g/mol. The fourth-order valence-electron chi connectivity index (χ4n) is 6.22. The number of benzene rings is 1. The summed E-state index contributed by atoms with van der Waals surface area (Å²) in [6.07, 6.45) is 1.85. The first-order valence-electron chi connectivity index (χ1n) is 13.7. The van der Waals surface area contributed by atoms with E-state index in [2.05, 4.69) is 16.0 Å². The van der Waals surface area contributed by atoms with Gasteiger partial charge >= 0.3 is 0 Å². The highest BCUT2D eigenvalue weighted by atomic mass is 35.5. The molecule has 4 aliphatic rings. The second-order valence-electron chi connectivity index (χ2n) is 11.4. The number of hydrogen-bond donors (Lipinski definition) is 3. The minimum atomic E-state index is -3.11. The van der Waals surface area contributed by atoms with Crippen molar-refractivity contribution in [3.63, 3.8) is 0 Å². The van der Waals surface area contributed by atoms with E-state index in [0.717, 1.165) is 6.42 Å². The van der Waals surface area contributed by atoms with Crippen LogP contribution in [0.2, 0.25) is 5.02 Å². The van der Waals surface area contributed by atoms with E-state index in [-0.39, 0.29) is 24.7 Å². The van der Waals surface area contributed by atoms with Crippen molar-refractivity contribution < 1.29 is 23.2 Å². The Morgan fingerprint density at radius 3 is 2.69 bits per heavy atom. The molecule has 1 aromatic carbocycles. The van der Waals surface area contributed by atoms with Crippen LogP contribution in [-0.2, 0) is 14.4 Å². The number of carbonyl (C=O) groups excluding carboxylic acids is 3. The van der Waals surface area contributed by atoms with Crippen molar-refractivity contribution in [1.29, 1.82) is 5.26 Å². The van der Waals surface area contributed by atoms with Crippen LogP contribution in [0.5, 0.6) is 0 Å². The zero-order chi connectivity index (χ0) is 28.3. The number of carbonyl (C=O) groups is 3. The van der Waals surface area contributed by atoms with E-state index < -0.39 is 60.2 Å². The molecule has 1 aliphatic carbocycles. The Kier molecular flexibility index (Phi) is 9.00. The number of rotatable bonds is 9. The van der Waals surface area contributed by atoms with Gasteiger partial charge in [0, 0.05) is 35.6 Å². The molecule has 39 heavy (non-hydrogen) atoms. The van der Waals surface area contributed by atoms with Gasteiger partial charge in [-0.1, -0.05) is 31.5 Å². The van der Waals surface area contributed by atoms with Gasteiger partial charge in [-0.3, -0.25) is 14.4 Å². The SMILES string of the molecule is CC(C)C[C@@H](Nc1cccc(Cl)c1)C(=O)N1[C@H]2CC[C@@H]([C@H]1C(=O)N[C@H](C#N)C[C@@H]1CCCNC1=O)C(F)(F)C2. The number of anilines is 1. The molecular formula is C28H36ClF2N5O3. The Balaban J connectivity index is 1.58. The number of amides is 3. The Morgan fingerprint density at radius 1 is 1.28 bits per heavy atom. The molecule has 3 aliphatic heterocycles. The monoisotopic (exact) mass is 563 g/mol. The molecule has 3 heterocycles. The molecule has 1 aromatic rings. The van der Waals surface area contributed by atoms with Gasteiger partial charge in [-0.15, -0.1) is 0 Å². The van der Waals surface area contributed by atoms with Gasteiger partial charge in [0.05, 0.1) is 12.0 Å². The van der Waals surface area contributed by atoms with Crippen LogP contribution in [0.1, 0.15) is 58.8 Å². The third-order valence-corrected chi connectivity index (χ3v) is 8.26.